The summed E-state index contributed by atoms with van der Waals surface area (Å²) in [5.41, 5.74) is 7.62. The van der Waals surface area contributed by atoms with Gasteiger partial charge in [0.2, 0.25) is 11.6 Å². The number of carbonyl (C=O) groups excluding carboxylic acids is 1. The molecule has 3 aromatic carbocycles. The molecule has 6 rings (SSSR count). The Morgan fingerprint density at radius 1 is 1.02 bits per heavy atom. The lowest BCUT2D eigenvalue weighted by molar-refractivity contribution is 0.0526. The summed E-state index contributed by atoms with van der Waals surface area (Å²) in [6.07, 6.45) is 0.876. The standard InChI is InChI=1S/C36H31F2N7O5S/c1-3-47-35(46)24-19-42-36(43-31(24)40)51-30-28(37)33(49-25-12-8-7-11-23(25)32-41-15-16-45(32)2)44-34(29(30)38)50-27-17-22(18-39)13-14-26(27)48-20-21-9-5-4-6-10-21/h4-14,17,19,32,41H,3,15-16,20H2,1-2H3,(H2,40,42,43). The van der Waals surface area contributed by atoms with Crippen LogP contribution in [0.3, 0.4) is 0 Å². The van der Waals surface area contributed by atoms with Gasteiger partial charge >= 0.3 is 5.97 Å². The molecule has 260 valence electrons. The molecule has 1 aliphatic heterocycles. The second-order valence-electron chi connectivity index (χ2n) is 11.1. The van der Waals surface area contributed by atoms with E-state index in [-0.39, 0.29) is 58.7 Å². The lowest BCUT2D eigenvalue weighted by Gasteiger charge is -2.22. The maximum atomic E-state index is 16.4. The van der Waals surface area contributed by atoms with Crippen LogP contribution < -0.4 is 25.3 Å². The van der Waals surface area contributed by atoms with Crippen molar-refractivity contribution in [2.24, 2.45) is 0 Å². The zero-order valence-electron chi connectivity index (χ0n) is 27.4. The van der Waals surface area contributed by atoms with Crippen molar-refractivity contribution in [2.45, 2.75) is 29.7 Å². The van der Waals surface area contributed by atoms with Gasteiger partial charge in [-0.2, -0.15) is 19.0 Å². The van der Waals surface area contributed by atoms with Crippen LogP contribution in [0.1, 0.15) is 40.1 Å². The largest absolute Gasteiger partial charge is 0.485 e. The first-order chi connectivity index (χ1) is 24.7. The van der Waals surface area contributed by atoms with Gasteiger partial charge in [0.1, 0.15) is 23.7 Å². The van der Waals surface area contributed by atoms with Gasteiger partial charge in [-0.3, -0.25) is 10.2 Å². The zero-order valence-corrected chi connectivity index (χ0v) is 28.2. The summed E-state index contributed by atoms with van der Waals surface area (Å²) < 4.78 is 55.7. The number of anilines is 1. The fourth-order valence-corrected chi connectivity index (χ4v) is 5.91. The molecule has 0 amide bonds. The number of pyridine rings is 1. The maximum Gasteiger partial charge on any atom is 0.343 e. The Balaban J connectivity index is 1.41. The first kappa shape index (κ1) is 35.0. The number of nitriles is 1. The van der Waals surface area contributed by atoms with Crippen LogP contribution in [0.25, 0.3) is 0 Å². The van der Waals surface area contributed by atoms with Crippen LogP contribution >= 0.6 is 11.8 Å². The maximum absolute atomic E-state index is 16.4. The number of carbonyl (C=O) groups is 1. The van der Waals surface area contributed by atoms with Crippen LogP contribution in [0.2, 0.25) is 0 Å². The van der Waals surface area contributed by atoms with Crippen molar-refractivity contribution >= 4 is 23.5 Å². The summed E-state index contributed by atoms with van der Waals surface area (Å²) >= 11 is 0.479. The zero-order chi connectivity index (χ0) is 35.9. The SMILES string of the molecule is CCOC(=O)c1cnc(Sc2c(F)c(Oc3cc(C#N)ccc3OCc3ccccc3)nc(Oc3ccccc3C3NCCN3C)c2F)nc1N. The normalized spacial score (nSPS) is 14.1. The first-order valence-corrected chi connectivity index (χ1v) is 16.5. The number of para-hydroxylation sites is 1. The molecule has 1 saturated heterocycles. The minimum atomic E-state index is -1.22. The lowest BCUT2D eigenvalue weighted by Crippen LogP contribution is -2.24. The quantitative estimate of drug-likeness (QED) is 0.105. The van der Waals surface area contributed by atoms with Crippen LogP contribution in [-0.2, 0) is 11.3 Å². The van der Waals surface area contributed by atoms with Gasteiger partial charge in [-0.1, -0.05) is 48.5 Å². The van der Waals surface area contributed by atoms with Crippen molar-refractivity contribution in [1.29, 1.82) is 5.26 Å². The number of esters is 1. The number of ether oxygens (including phenoxy) is 4. The van der Waals surface area contributed by atoms with E-state index in [0.717, 1.165) is 24.8 Å². The van der Waals surface area contributed by atoms with Gasteiger partial charge in [-0.25, -0.2) is 14.8 Å². The van der Waals surface area contributed by atoms with Gasteiger partial charge in [-0.15, -0.1) is 0 Å². The molecule has 12 nitrogen and oxygen atoms in total. The number of hydrogen-bond acceptors (Lipinski definition) is 13. The molecule has 3 N–H and O–H groups in total. The number of halogens is 2. The second kappa shape index (κ2) is 15.8. The number of nitrogens with one attached hydrogen (secondary N) is 1. The highest BCUT2D eigenvalue weighted by atomic mass is 32.2. The van der Waals surface area contributed by atoms with Crippen LogP contribution in [0, 0.1) is 23.0 Å². The number of hydrogen-bond donors (Lipinski definition) is 2. The Morgan fingerprint density at radius 3 is 2.43 bits per heavy atom. The van der Waals surface area contributed by atoms with E-state index in [2.05, 4.69) is 25.2 Å². The summed E-state index contributed by atoms with van der Waals surface area (Å²) in [6.45, 7) is 3.36. The molecule has 5 aromatic rings. The molecule has 1 aliphatic rings. The third-order valence-electron chi connectivity index (χ3n) is 7.64. The van der Waals surface area contributed by atoms with Crippen molar-refractivity contribution in [3.05, 3.63) is 113 Å². The molecule has 2 aromatic heterocycles. The summed E-state index contributed by atoms with van der Waals surface area (Å²) in [6, 6.07) is 22.7. The predicted molar refractivity (Wildman–Crippen MR) is 183 cm³/mol. The molecule has 3 heterocycles. The highest BCUT2D eigenvalue weighted by Gasteiger charge is 2.29. The third-order valence-corrected chi connectivity index (χ3v) is 8.58. The smallest absolute Gasteiger partial charge is 0.343 e. The molecule has 1 fully saturated rings. The molecule has 0 aliphatic carbocycles. The number of likely N-dealkylation sites (N-methyl/N-ethyl adjacent to an activating group) is 1. The van der Waals surface area contributed by atoms with E-state index < -0.39 is 34.3 Å². The molecular weight excluding hydrogens is 681 g/mol. The molecule has 1 atom stereocenters. The Hall–Kier alpha value is -5.82. The van der Waals surface area contributed by atoms with Gasteiger partial charge in [0.25, 0.3) is 11.8 Å². The van der Waals surface area contributed by atoms with Gasteiger partial charge in [0.05, 0.1) is 29.3 Å². The number of nitrogens with two attached hydrogens (primary N) is 1. The van der Waals surface area contributed by atoms with Gasteiger partial charge in [-0.05, 0) is 49.5 Å². The van der Waals surface area contributed by atoms with E-state index in [4.69, 9.17) is 24.7 Å². The monoisotopic (exact) mass is 711 g/mol. The van der Waals surface area contributed by atoms with Crippen molar-refractivity contribution in [3.63, 3.8) is 0 Å². The number of nitrogens with zero attached hydrogens (tertiary/aromatic N) is 5. The van der Waals surface area contributed by atoms with Crippen molar-refractivity contribution < 1.29 is 32.5 Å². The fraction of sp³-hybridized carbons (Fsp3) is 0.194. The van der Waals surface area contributed by atoms with E-state index in [1.807, 2.05) is 55.6 Å². The van der Waals surface area contributed by atoms with Gasteiger partial charge in [0, 0.05) is 30.9 Å². The van der Waals surface area contributed by atoms with E-state index in [0.29, 0.717) is 17.3 Å². The summed E-state index contributed by atoms with van der Waals surface area (Å²) in [5.74, 6) is -4.29. The highest BCUT2D eigenvalue weighted by Crippen LogP contribution is 2.43. The minimum absolute atomic E-state index is 0.0543. The fourth-order valence-electron chi connectivity index (χ4n) is 5.12. The highest BCUT2D eigenvalue weighted by molar-refractivity contribution is 7.99. The third kappa shape index (κ3) is 7.99. The Morgan fingerprint density at radius 2 is 1.75 bits per heavy atom. The van der Waals surface area contributed by atoms with E-state index in [1.54, 1.807) is 19.1 Å². The van der Waals surface area contributed by atoms with Crippen molar-refractivity contribution in [1.82, 2.24) is 25.2 Å². The summed E-state index contributed by atoms with van der Waals surface area (Å²) in [4.78, 5) is 26.0. The van der Waals surface area contributed by atoms with E-state index >= 15 is 8.78 Å². The number of benzene rings is 3. The molecule has 0 radical (unpaired) electrons. The molecule has 51 heavy (non-hydrogen) atoms. The topological polar surface area (TPSA) is 158 Å². The minimum Gasteiger partial charge on any atom is -0.485 e. The van der Waals surface area contributed by atoms with E-state index in [9.17, 15) is 10.1 Å². The van der Waals surface area contributed by atoms with Crippen LogP contribution in [0.4, 0.5) is 14.6 Å². The van der Waals surface area contributed by atoms with Gasteiger partial charge in [0.15, 0.2) is 16.7 Å². The Kier molecular flexibility index (Phi) is 10.9. The van der Waals surface area contributed by atoms with Crippen molar-refractivity contribution in [3.8, 4) is 35.1 Å². The molecule has 15 heteroatoms. The van der Waals surface area contributed by atoms with E-state index in [1.165, 1.54) is 18.2 Å². The number of aromatic nitrogens is 3. The number of rotatable bonds is 12. The van der Waals surface area contributed by atoms with Crippen LogP contribution in [0.5, 0.6) is 29.0 Å². The lowest BCUT2D eigenvalue weighted by atomic mass is 10.1. The Bertz CT molecular complexity index is 2100. The summed E-state index contributed by atoms with van der Waals surface area (Å²) in [7, 11) is 1.94. The Labute approximate surface area is 296 Å². The average molecular weight is 712 g/mol. The molecule has 0 bridgehead atoms. The summed E-state index contributed by atoms with van der Waals surface area (Å²) in [5, 5.41) is 12.8. The second-order valence-corrected chi connectivity index (χ2v) is 12.1. The van der Waals surface area contributed by atoms with Crippen molar-refractivity contribution in [2.75, 3.05) is 32.5 Å². The van der Waals surface area contributed by atoms with Crippen LogP contribution in [0.15, 0.2) is 89.0 Å². The molecule has 0 saturated carbocycles. The molecule has 1 unspecified atom stereocenters. The molecule has 0 spiro atoms. The van der Waals surface area contributed by atoms with Crippen LogP contribution in [-0.4, -0.2) is 52.6 Å². The first-order valence-electron chi connectivity index (χ1n) is 15.7. The van der Waals surface area contributed by atoms with Gasteiger partial charge < -0.3 is 24.7 Å². The number of nitrogen functional groups attached to an aromatic ring is 1. The molecular formula is C36H31F2N7O5S. The average Bonchev–Trinajstić information content (AvgIpc) is 3.57. The predicted octanol–water partition coefficient (Wildman–Crippen LogP) is 6.63.